The van der Waals surface area contributed by atoms with Crippen molar-refractivity contribution in [1.29, 1.82) is 5.26 Å². The van der Waals surface area contributed by atoms with Gasteiger partial charge in [-0.2, -0.15) is 5.26 Å². The Labute approximate surface area is 131 Å². The molecule has 22 heavy (non-hydrogen) atoms. The van der Waals surface area contributed by atoms with Crippen LogP contribution in [-0.2, 0) is 11.3 Å². The molecule has 0 saturated heterocycles. The van der Waals surface area contributed by atoms with Crippen molar-refractivity contribution in [1.82, 2.24) is 5.32 Å². The highest BCUT2D eigenvalue weighted by atomic mass is 16.5. The van der Waals surface area contributed by atoms with Gasteiger partial charge in [0.2, 0.25) is 0 Å². The number of ether oxygens (including phenoxy) is 1. The Hall–Kier alpha value is -2.06. The van der Waals surface area contributed by atoms with Gasteiger partial charge in [0.1, 0.15) is 17.8 Å². The summed E-state index contributed by atoms with van der Waals surface area (Å²) in [6.07, 6.45) is 3.57. The smallest absolute Gasteiger partial charge is 0.276 e. The summed E-state index contributed by atoms with van der Waals surface area (Å²) in [5.74, 6) is 0.783. The maximum absolute atomic E-state index is 12.2. The number of rotatable bonds is 6. The number of amides is 1. The summed E-state index contributed by atoms with van der Waals surface area (Å²) in [5.41, 5.74) is 0.527. The van der Waals surface area contributed by atoms with Crippen molar-refractivity contribution < 1.29 is 14.4 Å². The van der Waals surface area contributed by atoms with Crippen LogP contribution in [0.5, 0.6) is 5.75 Å². The van der Waals surface area contributed by atoms with Crippen LogP contribution >= 0.6 is 0 Å². The molecule has 0 heterocycles. The second kappa shape index (κ2) is 7.28. The van der Waals surface area contributed by atoms with Gasteiger partial charge in [0, 0.05) is 5.56 Å². The van der Waals surface area contributed by atoms with E-state index in [0.717, 1.165) is 48.4 Å². The van der Waals surface area contributed by atoms with E-state index in [1.54, 1.807) is 7.11 Å². The lowest BCUT2D eigenvalue weighted by molar-refractivity contribution is -0.885. The summed E-state index contributed by atoms with van der Waals surface area (Å²) in [7, 11) is 3.63. The Morgan fingerprint density at radius 2 is 2.00 bits per heavy atom. The summed E-state index contributed by atoms with van der Waals surface area (Å²) in [5, 5.41) is 12.2. The maximum atomic E-state index is 12.2. The molecule has 1 aromatic carbocycles. The lowest BCUT2D eigenvalue weighted by atomic mass is 10.00. The summed E-state index contributed by atoms with van der Waals surface area (Å²) in [6.45, 7) is 1.13. The van der Waals surface area contributed by atoms with Gasteiger partial charge in [0.15, 0.2) is 6.54 Å². The van der Waals surface area contributed by atoms with Crippen LogP contribution in [0.4, 0.5) is 0 Å². The van der Waals surface area contributed by atoms with Gasteiger partial charge in [0.05, 0.1) is 20.2 Å². The normalized spacial score (nSPS) is 17.5. The van der Waals surface area contributed by atoms with E-state index in [0.29, 0.717) is 6.54 Å². The van der Waals surface area contributed by atoms with E-state index in [-0.39, 0.29) is 5.91 Å². The number of hydrogen-bond acceptors (Lipinski definition) is 3. The Kier molecular flexibility index (Phi) is 5.40. The molecule has 0 spiro atoms. The number of carbonyl (C=O) groups excluding carboxylic acids is 1. The molecule has 5 heteroatoms. The third-order valence-electron chi connectivity index (χ3n) is 4.18. The van der Waals surface area contributed by atoms with Crippen molar-refractivity contribution in [3.63, 3.8) is 0 Å². The van der Waals surface area contributed by atoms with Crippen LogP contribution in [0.3, 0.4) is 0 Å². The summed E-state index contributed by atoms with van der Waals surface area (Å²) >= 11 is 0. The largest absolute Gasteiger partial charge is 0.497 e. The molecule has 1 amide bonds. The minimum Gasteiger partial charge on any atom is -0.497 e. The average molecular weight is 302 g/mol. The first kappa shape index (κ1) is 16.3. The molecule has 1 saturated carbocycles. The molecule has 0 aromatic heterocycles. The fraction of sp³-hybridized carbons (Fsp3) is 0.529. The molecule has 2 rings (SSSR count). The number of nitrogens with one attached hydrogen (secondary N) is 2. The summed E-state index contributed by atoms with van der Waals surface area (Å²) in [4.78, 5) is 13.3. The first-order valence-electron chi connectivity index (χ1n) is 7.73. The molecule has 118 valence electrons. The van der Waals surface area contributed by atoms with Gasteiger partial charge in [-0.25, -0.2) is 0 Å². The van der Waals surface area contributed by atoms with Crippen LogP contribution in [0.15, 0.2) is 24.3 Å². The number of carbonyl (C=O) groups is 1. The molecule has 1 unspecified atom stereocenters. The second-order valence-corrected chi connectivity index (χ2v) is 6.11. The Morgan fingerprint density at radius 1 is 1.36 bits per heavy atom. The van der Waals surface area contributed by atoms with Gasteiger partial charge < -0.3 is 15.0 Å². The molecular weight excluding hydrogens is 278 g/mol. The molecule has 5 nitrogen and oxygen atoms in total. The number of nitriles is 1. The van der Waals surface area contributed by atoms with E-state index in [1.165, 1.54) is 0 Å². The zero-order valence-electron chi connectivity index (χ0n) is 13.3. The summed E-state index contributed by atoms with van der Waals surface area (Å²) in [6, 6.07) is 10.1. The highest BCUT2D eigenvalue weighted by Crippen LogP contribution is 2.28. The standard InChI is InChI=1S/C17H23N3O2/c1-20(11-14-5-7-15(22-2)8-6-14)12-16(21)19-17(13-18)9-3-4-10-17/h5-8H,3-4,9-12H2,1-2H3,(H,19,21)/p+1. The van der Waals surface area contributed by atoms with Gasteiger partial charge in [-0.15, -0.1) is 0 Å². The molecule has 1 aromatic rings. The molecule has 1 aliphatic rings. The fourth-order valence-electron chi connectivity index (χ4n) is 2.98. The Morgan fingerprint density at radius 3 is 2.55 bits per heavy atom. The predicted octanol–water partition coefficient (Wildman–Crippen LogP) is 0.662. The Bertz CT molecular complexity index is 542. The third-order valence-corrected chi connectivity index (χ3v) is 4.18. The van der Waals surface area contributed by atoms with Crippen molar-refractivity contribution in [2.24, 2.45) is 0 Å². The van der Waals surface area contributed by atoms with Crippen molar-refractivity contribution in [3.8, 4) is 11.8 Å². The van der Waals surface area contributed by atoms with E-state index in [1.807, 2.05) is 31.3 Å². The van der Waals surface area contributed by atoms with Gasteiger partial charge >= 0.3 is 0 Å². The monoisotopic (exact) mass is 302 g/mol. The van der Waals surface area contributed by atoms with E-state index in [4.69, 9.17) is 4.74 Å². The molecule has 2 N–H and O–H groups in total. The second-order valence-electron chi connectivity index (χ2n) is 6.11. The quantitative estimate of drug-likeness (QED) is 0.811. The number of benzene rings is 1. The van der Waals surface area contributed by atoms with E-state index >= 15 is 0 Å². The van der Waals surface area contributed by atoms with Gasteiger partial charge in [-0.3, -0.25) is 4.79 Å². The molecular formula is C17H24N3O2+. The topological polar surface area (TPSA) is 66.6 Å². The zero-order chi connectivity index (χ0) is 16.0. The first-order valence-corrected chi connectivity index (χ1v) is 7.73. The first-order chi connectivity index (χ1) is 10.6. The highest BCUT2D eigenvalue weighted by Gasteiger charge is 2.35. The van der Waals surface area contributed by atoms with Crippen LogP contribution in [0.2, 0.25) is 0 Å². The average Bonchev–Trinajstić information content (AvgIpc) is 2.96. The third kappa shape index (κ3) is 4.22. The van der Waals surface area contributed by atoms with Crippen molar-refractivity contribution in [3.05, 3.63) is 29.8 Å². The van der Waals surface area contributed by atoms with E-state index < -0.39 is 5.54 Å². The van der Waals surface area contributed by atoms with E-state index in [2.05, 4.69) is 11.4 Å². The molecule has 0 radical (unpaired) electrons. The minimum atomic E-state index is -0.628. The van der Waals surface area contributed by atoms with Crippen LogP contribution in [0.1, 0.15) is 31.2 Å². The number of hydrogen-bond donors (Lipinski definition) is 2. The van der Waals surface area contributed by atoms with Crippen LogP contribution in [-0.4, -0.2) is 32.1 Å². The van der Waals surface area contributed by atoms with Crippen LogP contribution in [0.25, 0.3) is 0 Å². The SMILES string of the molecule is COc1ccc(C[NH+](C)CC(=O)NC2(C#N)CCCC2)cc1. The number of methoxy groups -OCH3 is 1. The molecule has 0 bridgehead atoms. The number of nitrogens with zero attached hydrogens (tertiary/aromatic N) is 1. The number of quaternary nitrogens is 1. The molecule has 1 fully saturated rings. The lowest BCUT2D eigenvalue weighted by Crippen LogP contribution is -3.09. The van der Waals surface area contributed by atoms with Gasteiger partial charge in [-0.05, 0) is 49.9 Å². The molecule has 1 atom stereocenters. The molecule has 0 aliphatic heterocycles. The van der Waals surface area contributed by atoms with Crippen LogP contribution < -0.4 is 15.0 Å². The zero-order valence-corrected chi connectivity index (χ0v) is 13.3. The van der Waals surface area contributed by atoms with Crippen molar-refractivity contribution in [2.75, 3.05) is 20.7 Å². The van der Waals surface area contributed by atoms with Crippen molar-refractivity contribution in [2.45, 2.75) is 37.8 Å². The highest BCUT2D eigenvalue weighted by molar-refractivity contribution is 5.78. The van der Waals surface area contributed by atoms with Gasteiger partial charge in [0.25, 0.3) is 5.91 Å². The summed E-state index contributed by atoms with van der Waals surface area (Å²) < 4.78 is 5.13. The van der Waals surface area contributed by atoms with Gasteiger partial charge in [-0.1, -0.05) is 0 Å². The maximum Gasteiger partial charge on any atom is 0.276 e. The van der Waals surface area contributed by atoms with E-state index in [9.17, 15) is 10.1 Å². The lowest BCUT2D eigenvalue weighted by Gasteiger charge is -2.23. The Balaban J connectivity index is 1.84. The number of likely N-dealkylation sites (N-methyl/N-ethyl adjacent to an activating group) is 1. The van der Waals surface area contributed by atoms with Crippen LogP contribution in [0, 0.1) is 11.3 Å². The van der Waals surface area contributed by atoms with Crippen molar-refractivity contribution >= 4 is 5.91 Å². The predicted molar refractivity (Wildman–Crippen MR) is 83.4 cm³/mol. The minimum absolute atomic E-state index is 0.0468. The molecule has 1 aliphatic carbocycles. The fourth-order valence-corrected chi connectivity index (χ4v) is 2.98.